The van der Waals surface area contributed by atoms with Gasteiger partial charge in [-0.15, -0.1) is 17.9 Å². The molecule has 6 heteroatoms. The van der Waals surface area contributed by atoms with Gasteiger partial charge >= 0.3 is 0 Å². The summed E-state index contributed by atoms with van der Waals surface area (Å²) in [6.45, 7) is 8.03. The Morgan fingerprint density at radius 1 is 1.32 bits per heavy atom. The second-order valence-corrected chi connectivity index (χ2v) is 7.93. The van der Waals surface area contributed by atoms with Gasteiger partial charge in [0.05, 0.1) is 11.1 Å². The molecule has 2 heterocycles. The van der Waals surface area contributed by atoms with E-state index >= 15 is 0 Å². The monoisotopic (exact) mass is 370 g/mol. The van der Waals surface area contributed by atoms with Crippen molar-refractivity contribution in [1.82, 2.24) is 9.55 Å². The third kappa shape index (κ3) is 3.75. The first-order chi connectivity index (χ1) is 12.0. The number of nitrogens with zero attached hydrogens (tertiary/aromatic N) is 2. The van der Waals surface area contributed by atoms with E-state index < -0.39 is 0 Å². The number of thiophene rings is 1. The van der Waals surface area contributed by atoms with Crippen molar-refractivity contribution in [3.8, 4) is 0 Å². The lowest BCUT2D eigenvalue weighted by Gasteiger charge is -2.09. The third-order valence-electron chi connectivity index (χ3n) is 3.76. The summed E-state index contributed by atoms with van der Waals surface area (Å²) in [6.07, 6.45) is 1.67. The fourth-order valence-corrected chi connectivity index (χ4v) is 4.29. The molecule has 1 aromatic carbocycles. The number of allylic oxidation sites excluding steroid dienone is 1. The van der Waals surface area contributed by atoms with Gasteiger partial charge in [-0.25, -0.2) is 4.98 Å². The van der Waals surface area contributed by atoms with Crippen LogP contribution in [0.4, 0.5) is 0 Å². The summed E-state index contributed by atoms with van der Waals surface area (Å²) in [5, 5.41) is 1.18. The topological polar surface area (TPSA) is 52.0 Å². The van der Waals surface area contributed by atoms with Crippen molar-refractivity contribution < 1.29 is 4.79 Å². The summed E-state index contributed by atoms with van der Waals surface area (Å²) in [7, 11) is 0. The molecular formula is C19H18N2O2S2. The Morgan fingerprint density at radius 3 is 2.72 bits per heavy atom. The van der Waals surface area contributed by atoms with Crippen LogP contribution in [0.5, 0.6) is 0 Å². The van der Waals surface area contributed by atoms with Gasteiger partial charge in [0.15, 0.2) is 10.9 Å². The molecule has 0 atom stereocenters. The Kier molecular flexibility index (Phi) is 5.20. The van der Waals surface area contributed by atoms with Crippen LogP contribution in [0.25, 0.3) is 10.2 Å². The minimum absolute atomic E-state index is 0.0202. The van der Waals surface area contributed by atoms with Crippen molar-refractivity contribution in [1.29, 1.82) is 0 Å². The van der Waals surface area contributed by atoms with Gasteiger partial charge in [0.25, 0.3) is 5.56 Å². The molecule has 0 amide bonds. The molecule has 4 nitrogen and oxygen atoms in total. The van der Waals surface area contributed by atoms with Crippen LogP contribution in [0.3, 0.4) is 0 Å². The van der Waals surface area contributed by atoms with Gasteiger partial charge in [-0.3, -0.25) is 14.2 Å². The number of carbonyl (C=O) groups excluding carboxylic acids is 1. The Labute approximate surface area is 154 Å². The summed E-state index contributed by atoms with van der Waals surface area (Å²) in [5.74, 6) is 0.259. The third-order valence-corrected chi connectivity index (χ3v) is 5.68. The molecule has 0 N–H and O–H groups in total. The molecule has 0 radical (unpaired) electrons. The van der Waals surface area contributed by atoms with Crippen molar-refractivity contribution in [2.24, 2.45) is 0 Å². The van der Waals surface area contributed by atoms with E-state index in [0.29, 0.717) is 27.5 Å². The molecule has 0 aliphatic rings. The molecule has 0 bridgehead atoms. The number of hydrogen-bond acceptors (Lipinski definition) is 5. The molecule has 0 saturated carbocycles. The zero-order valence-electron chi connectivity index (χ0n) is 14.1. The van der Waals surface area contributed by atoms with E-state index in [1.54, 1.807) is 10.6 Å². The normalized spacial score (nSPS) is 11.0. The number of aromatic nitrogens is 2. The standard InChI is InChI=1S/C19H18N2O2S2/c1-4-9-21-18(23)15-10-13(3)25-17(15)20-19(21)24-11-16(22)14-7-5-12(2)6-8-14/h4-8,10H,1,9,11H2,2-3H3. The van der Waals surface area contributed by atoms with Crippen LogP contribution in [0.15, 0.2) is 52.9 Å². The molecule has 0 spiro atoms. The molecule has 0 fully saturated rings. The Morgan fingerprint density at radius 2 is 2.04 bits per heavy atom. The first kappa shape index (κ1) is 17.6. The number of aryl methyl sites for hydroxylation is 2. The van der Waals surface area contributed by atoms with Gasteiger partial charge in [0, 0.05) is 17.0 Å². The maximum Gasteiger partial charge on any atom is 0.263 e. The lowest BCUT2D eigenvalue weighted by molar-refractivity contribution is 0.102. The number of carbonyl (C=O) groups is 1. The summed E-state index contributed by atoms with van der Waals surface area (Å²) in [4.78, 5) is 31.4. The highest BCUT2D eigenvalue weighted by atomic mass is 32.2. The van der Waals surface area contributed by atoms with Gasteiger partial charge in [-0.2, -0.15) is 0 Å². The molecule has 0 aliphatic heterocycles. The molecule has 0 unspecified atom stereocenters. The predicted molar refractivity (Wildman–Crippen MR) is 105 cm³/mol. The van der Waals surface area contributed by atoms with Gasteiger partial charge in [-0.1, -0.05) is 47.7 Å². The average Bonchev–Trinajstić information content (AvgIpc) is 2.97. The Bertz CT molecular complexity index is 1000. The van der Waals surface area contributed by atoms with Crippen LogP contribution < -0.4 is 5.56 Å². The lowest BCUT2D eigenvalue weighted by Crippen LogP contribution is -2.22. The molecular weight excluding hydrogens is 352 g/mol. The molecule has 2 aromatic heterocycles. The zero-order valence-corrected chi connectivity index (χ0v) is 15.7. The minimum atomic E-state index is -0.0838. The summed E-state index contributed by atoms with van der Waals surface area (Å²) < 4.78 is 1.58. The van der Waals surface area contributed by atoms with E-state index in [1.165, 1.54) is 23.1 Å². The minimum Gasteiger partial charge on any atom is -0.293 e. The second-order valence-electron chi connectivity index (χ2n) is 5.75. The highest BCUT2D eigenvalue weighted by molar-refractivity contribution is 7.99. The molecule has 128 valence electrons. The van der Waals surface area contributed by atoms with Crippen LogP contribution in [0.1, 0.15) is 20.8 Å². The number of rotatable bonds is 6. The highest BCUT2D eigenvalue weighted by Crippen LogP contribution is 2.24. The number of ketones is 1. The van der Waals surface area contributed by atoms with Crippen molar-refractivity contribution in [3.05, 3.63) is 69.3 Å². The number of fused-ring (bicyclic) bond motifs is 1. The first-order valence-corrected chi connectivity index (χ1v) is 9.64. The van der Waals surface area contributed by atoms with Gasteiger partial charge in [-0.05, 0) is 19.9 Å². The lowest BCUT2D eigenvalue weighted by atomic mass is 10.1. The second kappa shape index (κ2) is 7.37. The van der Waals surface area contributed by atoms with Crippen LogP contribution >= 0.6 is 23.1 Å². The molecule has 3 rings (SSSR count). The van der Waals surface area contributed by atoms with Gasteiger partial charge < -0.3 is 0 Å². The van der Waals surface area contributed by atoms with E-state index in [1.807, 2.05) is 44.2 Å². The fraction of sp³-hybridized carbons (Fsp3) is 0.211. The molecule has 0 aliphatic carbocycles. The molecule has 3 aromatic rings. The first-order valence-electron chi connectivity index (χ1n) is 7.84. The number of hydrogen-bond donors (Lipinski definition) is 0. The highest BCUT2D eigenvalue weighted by Gasteiger charge is 2.15. The molecule has 0 saturated heterocycles. The van der Waals surface area contributed by atoms with Crippen molar-refractivity contribution >= 4 is 39.1 Å². The number of Topliss-reactive ketones (excluding diaryl/α,β-unsaturated/α-hetero) is 1. The summed E-state index contributed by atoms with van der Waals surface area (Å²) in [5.41, 5.74) is 1.70. The van der Waals surface area contributed by atoms with E-state index in [4.69, 9.17) is 0 Å². The number of thioether (sulfide) groups is 1. The largest absolute Gasteiger partial charge is 0.293 e. The van der Waals surface area contributed by atoms with Gasteiger partial charge in [0.1, 0.15) is 4.83 Å². The zero-order chi connectivity index (χ0) is 18.0. The Hall–Kier alpha value is -2.18. The SMILES string of the molecule is C=CCn1c(SCC(=O)c2ccc(C)cc2)nc2sc(C)cc2c1=O. The number of benzene rings is 1. The van der Waals surface area contributed by atoms with E-state index in [-0.39, 0.29) is 17.1 Å². The maximum absolute atomic E-state index is 12.7. The van der Waals surface area contributed by atoms with Crippen LogP contribution in [0, 0.1) is 13.8 Å². The van der Waals surface area contributed by atoms with E-state index in [2.05, 4.69) is 11.6 Å². The van der Waals surface area contributed by atoms with Crippen molar-refractivity contribution in [2.45, 2.75) is 25.5 Å². The van der Waals surface area contributed by atoms with E-state index in [9.17, 15) is 9.59 Å². The fourth-order valence-electron chi connectivity index (χ4n) is 2.47. The predicted octanol–water partition coefficient (Wildman–Crippen LogP) is 4.24. The summed E-state index contributed by atoms with van der Waals surface area (Å²) in [6, 6.07) is 9.36. The van der Waals surface area contributed by atoms with Crippen LogP contribution in [-0.4, -0.2) is 21.1 Å². The maximum atomic E-state index is 12.7. The van der Waals surface area contributed by atoms with Crippen LogP contribution in [-0.2, 0) is 6.54 Å². The van der Waals surface area contributed by atoms with Crippen molar-refractivity contribution in [3.63, 3.8) is 0 Å². The summed E-state index contributed by atoms with van der Waals surface area (Å²) >= 11 is 2.78. The van der Waals surface area contributed by atoms with Gasteiger partial charge in [0.2, 0.25) is 0 Å². The van der Waals surface area contributed by atoms with Crippen LogP contribution in [0.2, 0.25) is 0 Å². The Balaban J connectivity index is 1.90. The van der Waals surface area contributed by atoms with Crippen molar-refractivity contribution in [2.75, 3.05) is 5.75 Å². The van der Waals surface area contributed by atoms with E-state index in [0.717, 1.165) is 10.4 Å². The average molecular weight is 370 g/mol. The quantitative estimate of drug-likeness (QED) is 0.282. The smallest absolute Gasteiger partial charge is 0.263 e. The molecule has 25 heavy (non-hydrogen) atoms.